The van der Waals surface area contributed by atoms with Gasteiger partial charge in [-0.05, 0) is 89.9 Å². The molecule has 4 rings (SSSR count). The number of aromatic nitrogens is 2. The van der Waals surface area contributed by atoms with Gasteiger partial charge in [-0.3, -0.25) is 14.0 Å². The lowest BCUT2D eigenvalue weighted by Crippen LogP contribution is -2.62. The summed E-state index contributed by atoms with van der Waals surface area (Å²) in [6, 6.07) is 10.2. The Kier molecular flexibility index (Phi) is 10.5. The van der Waals surface area contributed by atoms with Crippen LogP contribution in [0.1, 0.15) is 67.6 Å². The molecular formula is C33H44F3N7O3S. The second-order valence-corrected chi connectivity index (χ2v) is 14.6. The zero-order valence-electron chi connectivity index (χ0n) is 28.3. The average molecular weight is 676 g/mol. The number of piperidine rings is 1. The molecule has 1 saturated heterocycles. The van der Waals surface area contributed by atoms with E-state index in [1.54, 1.807) is 35.6 Å². The molecule has 1 fully saturated rings. The number of halogens is 3. The highest BCUT2D eigenvalue weighted by molar-refractivity contribution is 7.85. The molecule has 0 radical (unpaired) electrons. The Morgan fingerprint density at radius 2 is 1.79 bits per heavy atom. The standard InChI is InChI=1S/C33H44F3N7O3S/c1-20-10-11-22(26(14-20)42(6)47(9)45)18-37-28-24(33(34,35)36)19-38-30(41-28)40-25-13-12-21(15-27(25)46-8)29(44)39-23-16-31(2,3)43(7)32(4,5)17-23/h10-15,19,23H,16-18H2,1-9H3,(H,39,44)(H2,37,38,40,41). The molecule has 3 aromatic rings. The number of anilines is 4. The maximum absolute atomic E-state index is 14.0. The molecule has 1 aliphatic rings. The normalized spacial score (nSPS) is 17.1. The summed E-state index contributed by atoms with van der Waals surface area (Å²) >= 11 is 0. The summed E-state index contributed by atoms with van der Waals surface area (Å²) in [6.07, 6.45) is -0.911. The highest BCUT2D eigenvalue weighted by Crippen LogP contribution is 2.38. The molecule has 2 aromatic carbocycles. The first-order valence-electron chi connectivity index (χ1n) is 15.2. The van der Waals surface area contributed by atoms with Gasteiger partial charge >= 0.3 is 6.18 Å². The quantitative estimate of drug-likeness (QED) is 0.230. The molecule has 1 unspecified atom stereocenters. The number of amides is 1. The van der Waals surface area contributed by atoms with Crippen LogP contribution < -0.4 is 25.0 Å². The topological polar surface area (TPSA) is 112 Å². The van der Waals surface area contributed by atoms with Gasteiger partial charge in [0.25, 0.3) is 5.91 Å². The minimum atomic E-state index is -4.72. The predicted octanol–water partition coefficient (Wildman–Crippen LogP) is 6.28. The zero-order chi connectivity index (χ0) is 34.9. The average Bonchev–Trinajstić information content (AvgIpc) is 2.98. The molecule has 2 heterocycles. The molecule has 0 spiro atoms. The number of rotatable bonds is 10. The van der Waals surface area contributed by atoms with Crippen LogP contribution in [0.4, 0.5) is 36.3 Å². The minimum Gasteiger partial charge on any atom is -0.495 e. The highest BCUT2D eigenvalue weighted by atomic mass is 32.2. The van der Waals surface area contributed by atoms with Crippen molar-refractivity contribution in [2.75, 3.05) is 42.4 Å². The smallest absolute Gasteiger partial charge is 0.421 e. The Hall–Kier alpha value is -3.91. The number of likely N-dealkylation sites (tertiary alicyclic amines) is 1. The Balaban J connectivity index is 1.55. The molecule has 0 saturated carbocycles. The van der Waals surface area contributed by atoms with Crippen LogP contribution in [0.3, 0.4) is 0 Å². The van der Waals surface area contributed by atoms with Crippen LogP contribution in [-0.2, 0) is 23.7 Å². The van der Waals surface area contributed by atoms with Crippen LogP contribution in [-0.4, -0.2) is 69.6 Å². The van der Waals surface area contributed by atoms with Crippen molar-refractivity contribution in [2.24, 2.45) is 0 Å². The minimum absolute atomic E-state index is 0.0184. The van der Waals surface area contributed by atoms with Crippen LogP contribution in [0.15, 0.2) is 42.6 Å². The van der Waals surface area contributed by atoms with Gasteiger partial charge in [-0.2, -0.15) is 18.2 Å². The van der Waals surface area contributed by atoms with Crippen LogP contribution >= 0.6 is 0 Å². The lowest BCUT2D eigenvalue weighted by Gasteiger charge is -2.53. The second-order valence-electron chi connectivity index (χ2n) is 13.2. The largest absolute Gasteiger partial charge is 0.495 e. The van der Waals surface area contributed by atoms with E-state index in [1.165, 1.54) is 13.4 Å². The van der Waals surface area contributed by atoms with Gasteiger partial charge in [0.15, 0.2) is 0 Å². The summed E-state index contributed by atoms with van der Waals surface area (Å²) in [4.78, 5) is 23.7. The third kappa shape index (κ3) is 8.33. The third-order valence-electron chi connectivity index (χ3n) is 8.86. The second kappa shape index (κ2) is 13.7. The fraction of sp³-hybridized carbons (Fsp3) is 0.485. The fourth-order valence-electron chi connectivity index (χ4n) is 6.02. The van der Waals surface area contributed by atoms with Gasteiger partial charge in [-0.25, -0.2) is 9.19 Å². The molecule has 1 aromatic heterocycles. The SMILES string of the molecule is COc1cc(C(=O)NC2CC(C)(C)N(C)C(C)(C)C2)ccc1Nc1ncc(C(F)(F)F)c(NCc2ccc(C)cc2N(C)S(C)=O)n1. The maximum atomic E-state index is 14.0. The van der Waals surface area contributed by atoms with Crippen LogP contribution in [0.25, 0.3) is 0 Å². The van der Waals surface area contributed by atoms with Gasteiger partial charge in [-0.15, -0.1) is 0 Å². The Morgan fingerprint density at radius 1 is 1.13 bits per heavy atom. The van der Waals surface area contributed by atoms with E-state index in [0.29, 0.717) is 34.4 Å². The van der Waals surface area contributed by atoms with Crippen LogP contribution in [0.5, 0.6) is 5.75 Å². The van der Waals surface area contributed by atoms with E-state index in [0.717, 1.165) is 18.4 Å². The molecular weight excluding hydrogens is 631 g/mol. The number of benzene rings is 2. The molecule has 0 aliphatic carbocycles. The van der Waals surface area contributed by atoms with Gasteiger partial charge in [0.1, 0.15) is 28.1 Å². The highest BCUT2D eigenvalue weighted by Gasteiger charge is 2.43. The first kappa shape index (κ1) is 35.9. The number of hydrogen-bond acceptors (Lipinski definition) is 8. The van der Waals surface area contributed by atoms with Crippen molar-refractivity contribution in [1.82, 2.24) is 20.2 Å². The first-order valence-corrected chi connectivity index (χ1v) is 16.7. The third-order valence-corrected chi connectivity index (χ3v) is 9.83. The molecule has 10 nitrogen and oxygen atoms in total. The van der Waals surface area contributed by atoms with E-state index in [1.807, 2.05) is 19.1 Å². The molecule has 0 bridgehead atoms. The molecule has 256 valence electrons. The van der Waals surface area contributed by atoms with Crippen molar-refractivity contribution in [3.05, 3.63) is 64.8 Å². The monoisotopic (exact) mass is 675 g/mol. The number of alkyl halides is 3. The number of nitrogens with zero attached hydrogens (tertiary/aromatic N) is 4. The summed E-state index contributed by atoms with van der Waals surface area (Å²) in [7, 11) is 3.85. The fourth-order valence-corrected chi connectivity index (χ4v) is 6.46. The summed E-state index contributed by atoms with van der Waals surface area (Å²) < 4.78 is 61.1. The van der Waals surface area contributed by atoms with Gasteiger partial charge in [0.2, 0.25) is 5.95 Å². The summed E-state index contributed by atoms with van der Waals surface area (Å²) in [5.74, 6) is -0.496. The lowest BCUT2D eigenvalue weighted by molar-refractivity contribution is -0.137. The van der Waals surface area contributed by atoms with Crippen molar-refractivity contribution < 1.29 is 26.9 Å². The maximum Gasteiger partial charge on any atom is 0.421 e. The van der Waals surface area contributed by atoms with Crippen LogP contribution in [0.2, 0.25) is 0 Å². The molecule has 1 atom stereocenters. The number of carbonyl (C=O) groups is 1. The van der Waals surface area contributed by atoms with E-state index in [4.69, 9.17) is 4.74 Å². The van der Waals surface area contributed by atoms with E-state index >= 15 is 0 Å². The molecule has 47 heavy (non-hydrogen) atoms. The van der Waals surface area contributed by atoms with Crippen molar-refractivity contribution in [2.45, 2.75) is 77.3 Å². The van der Waals surface area contributed by atoms with Crippen molar-refractivity contribution in [3.8, 4) is 5.75 Å². The van der Waals surface area contributed by atoms with Crippen LogP contribution in [0, 0.1) is 6.92 Å². The van der Waals surface area contributed by atoms with Gasteiger partial charge < -0.3 is 20.7 Å². The van der Waals surface area contributed by atoms with E-state index in [-0.39, 0.29) is 35.5 Å². The number of hydrogen-bond donors (Lipinski definition) is 3. The zero-order valence-corrected chi connectivity index (χ0v) is 29.1. The molecule has 3 N–H and O–H groups in total. The first-order chi connectivity index (χ1) is 21.8. The Bertz CT molecular complexity index is 1630. The lowest BCUT2D eigenvalue weighted by atomic mass is 9.77. The predicted molar refractivity (Wildman–Crippen MR) is 181 cm³/mol. The number of ether oxygens (including phenoxy) is 1. The molecule has 14 heteroatoms. The van der Waals surface area contributed by atoms with Crippen molar-refractivity contribution in [1.29, 1.82) is 0 Å². The Labute approximate surface area is 277 Å². The summed E-state index contributed by atoms with van der Waals surface area (Å²) in [6.45, 7) is 10.5. The summed E-state index contributed by atoms with van der Waals surface area (Å²) in [5, 5.41) is 8.89. The number of methoxy groups -OCH3 is 1. The van der Waals surface area contributed by atoms with E-state index < -0.39 is 28.5 Å². The van der Waals surface area contributed by atoms with E-state index in [2.05, 4.69) is 65.6 Å². The van der Waals surface area contributed by atoms with Gasteiger partial charge in [0, 0.05) is 48.7 Å². The Morgan fingerprint density at radius 3 is 2.38 bits per heavy atom. The van der Waals surface area contributed by atoms with Crippen molar-refractivity contribution >= 4 is 40.0 Å². The number of aryl methyl sites for hydroxylation is 1. The van der Waals surface area contributed by atoms with Gasteiger partial charge in [-0.1, -0.05) is 12.1 Å². The molecule has 1 aliphatic heterocycles. The molecule has 1 amide bonds. The number of nitrogens with one attached hydrogen (secondary N) is 3. The number of carbonyl (C=O) groups excluding carboxylic acids is 1. The van der Waals surface area contributed by atoms with E-state index in [9.17, 15) is 22.2 Å². The summed E-state index contributed by atoms with van der Waals surface area (Å²) in [5.41, 5.74) is 1.67. The van der Waals surface area contributed by atoms with Crippen molar-refractivity contribution in [3.63, 3.8) is 0 Å². The van der Waals surface area contributed by atoms with Gasteiger partial charge in [0.05, 0.1) is 18.5 Å².